The molecule has 0 saturated carbocycles. The molecule has 0 aliphatic carbocycles. The van der Waals surface area contributed by atoms with Gasteiger partial charge in [-0.3, -0.25) is 0 Å². The molecular weight excluding hydrogens is 308 g/mol. The van der Waals surface area contributed by atoms with Crippen LogP contribution >= 0.6 is 0 Å². The molecule has 4 nitrogen and oxygen atoms in total. The number of fused-ring (bicyclic) bond motifs is 2. The van der Waals surface area contributed by atoms with Crippen LogP contribution in [-0.4, -0.2) is 17.1 Å². The van der Waals surface area contributed by atoms with Crippen LogP contribution in [0.3, 0.4) is 0 Å². The molecule has 25 heavy (non-hydrogen) atoms. The first kappa shape index (κ1) is 17.4. The lowest BCUT2D eigenvalue weighted by molar-refractivity contribution is 0.343. The van der Waals surface area contributed by atoms with Crippen molar-refractivity contribution >= 4 is 17.1 Å². The van der Waals surface area contributed by atoms with Gasteiger partial charge in [0.25, 0.3) is 0 Å². The van der Waals surface area contributed by atoms with Gasteiger partial charge in [-0.05, 0) is 39.3 Å². The van der Waals surface area contributed by atoms with E-state index in [1.54, 1.807) is 5.01 Å². The van der Waals surface area contributed by atoms with Crippen LogP contribution in [0.15, 0.2) is 48.5 Å². The second-order valence-corrected chi connectivity index (χ2v) is 7.16. The normalized spacial score (nSPS) is 17.2. The van der Waals surface area contributed by atoms with Gasteiger partial charge in [0.1, 0.15) is 0 Å². The van der Waals surface area contributed by atoms with Gasteiger partial charge in [0, 0.05) is 35.4 Å². The Balaban J connectivity index is 2.35. The maximum absolute atomic E-state index is 6.71. The number of para-hydroxylation sites is 1. The van der Waals surface area contributed by atoms with Crippen LogP contribution in [0.5, 0.6) is 0 Å². The van der Waals surface area contributed by atoms with Gasteiger partial charge in [0.05, 0.1) is 11.4 Å². The van der Waals surface area contributed by atoms with E-state index in [4.69, 9.17) is 11.6 Å². The molecule has 0 radical (unpaired) electrons. The third kappa shape index (κ3) is 3.10. The summed E-state index contributed by atoms with van der Waals surface area (Å²) in [5.74, 6) is 6.45. The highest BCUT2D eigenvalue weighted by molar-refractivity contribution is 5.93. The average Bonchev–Trinajstić information content (AvgIpc) is 2.59. The van der Waals surface area contributed by atoms with Gasteiger partial charge in [0.15, 0.2) is 0 Å². The molecule has 4 N–H and O–H groups in total. The molecule has 132 valence electrons. The molecule has 2 aromatic carbocycles. The zero-order valence-electron chi connectivity index (χ0n) is 15.5. The number of nitrogens with two attached hydrogens (primary N) is 2. The summed E-state index contributed by atoms with van der Waals surface area (Å²) in [6, 6.07) is 17.3. The molecule has 4 heteroatoms. The topological polar surface area (TPSA) is 58.5 Å². The van der Waals surface area contributed by atoms with Crippen LogP contribution < -0.4 is 16.5 Å². The third-order valence-electron chi connectivity index (χ3n) is 4.81. The van der Waals surface area contributed by atoms with E-state index in [1.165, 1.54) is 5.56 Å². The first-order chi connectivity index (χ1) is 11.9. The van der Waals surface area contributed by atoms with E-state index < -0.39 is 0 Å². The van der Waals surface area contributed by atoms with Crippen molar-refractivity contribution in [3.8, 4) is 0 Å². The molecule has 0 fully saturated rings. The maximum Gasteiger partial charge on any atom is 0.0832 e. The van der Waals surface area contributed by atoms with E-state index in [0.717, 1.165) is 34.8 Å². The van der Waals surface area contributed by atoms with Gasteiger partial charge >= 0.3 is 0 Å². The second-order valence-electron chi connectivity index (χ2n) is 7.16. The number of benzene rings is 2. The summed E-state index contributed by atoms with van der Waals surface area (Å²) in [6.45, 7) is 9.41. The molecule has 1 aliphatic rings. The monoisotopic (exact) mass is 336 g/mol. The quantitative estimate of drug-likeness (QED) is 0.661. The van der Waals surface area contributed by atoms with E-state index in [9.17, 15) is 0 Å². The summed E-state index contributed by atoms with van der Waals surface area (Å²) in [5, 5.41) is 1.79. The van der Waals surface area contributed by atoms with Crippen molar-refractivity contribution in [1.82, 2.24) is 5.01 Å². The Morgan fingerprint density at radius 3 is 2.16 bits per heavy atom. The molecule has 0 unspecified atom stereocenters. The van der Waals surface area contributed by atoms with E-state index in [0.29, 0.717) is 6.04 Å². The van der Waals surface area contributed by atoms with Gasteiger partial charge in [-0.15, -0.1) is 0 Å². The van der Waals surface area contributed by atoms with Gasteiger partial charge in [-0.1, -0.05) is 42.5 Å². The van der Waals surface area contributed by atoms with E-state index in [2.05, 4.69) is 69.0 Å². The summed E-state index contributed by atoms with van der Waals surface area (Å²) < 4.78 is 0. The highest BCUT2D eigenvalue weighted by Gasteiger charge is 2.26. The summed E-state index contributed by atoms with van der Waals surface area (Å²) in [5.41, 5.74) is 12.9. The fourth-order valence-electron chi connectivity index (χ4n) is 3.38. The Morgan fingerprint density at radius 1 is 0.920 bits per heavy atom. The van der Waals surface area contributed by atoms with Crippen molar-refractivity contribution in [2.24, 2.45) is 11.6 Å². The van der Waals surface area contributed by atoms with Crippen molar-refractivity contribution in [2.45, 2.75) is 46.3 Å². The van der Waals surface area contributed by atoms with Crippen molar-refractivity contribution in [3.63, 3.8) is 0 Å². The predicted octanol–water partition coefficient (Wildman–Crippen LogP) is 3.78. The van der Waals surface area contributed by atoms with Gasteiger partial charge in [-0.25, -0.2) is 5.84 Å². The molecule has 0 atom stereocenters. The number of anilines is 1. The summed E-state index contributed by atoms with van der Waals surface area (Å²) in [7, 11) is 0. The van der Waals surface area contributed by atoms with Gasteiger partial charge in [-0.2, -0.15) is 0 Å². The number of hydrogen-bond acceptors (Lipinski definition) is 4. The molecular formula is C21H28N4. The van der Waals surface area contributed by atoms with Gasteiger partial charge < -0.3 is 15.6 Å². The Kier molecular flexibility index (Phi) is 4.73. The van der Waals surface area contributed by atoms with E-state index in [1.807, 2.05) is 12.1 Å². The largest absolute Gasteiger partial charge is 0.396 e. The van der Waals surface area contributed by atoms with Crippen LogP contribution in [0.1, 0.15) is 44.4 Å². The lowest BCUT2D eigenvalue weighted by Gasteiger charge is -2.36. The Labute approximate surface area is 150 Å². The Bertz CT molecular complexity index is 792. The fraction of sp³-hybridized carbons (Fsp3) is 0.333. The second kappa shape index (κ2) is 6.81. The predicted molar refractivity (Wildman–Crippen MR) is 106 cm³/mol. The fourth-order valence-corrected chi connectivity index (χ4v) is 3.38. The van der Waals surface area contributed by atoms with Crippen molar-refractivity contribution < 1.29 is 0 Å². The van der Waals surface area contributed by atoms with Crippen molar-refractivity contribution in [3.05, 3.63) is 65.2 Å². The smallest absolute Gasteiger partial charge is 0.0832 e. The van der Waals surface area contributed by atoms with Crippen molar-refractivity contribution in [2.75, 3.05) is 4.90 Å². The molecule has 2 aromatic rings. The summed E-state index contributed by atoms with van der Waals surface area (Å²) >= 11 is 0. The molecule has 0 bridgehead atoms. The van der Waals surface area contributed by atoms with Crippen molar-refractivity contribution in [1.29, 1.82) is 0 Å². The number of hydrazine groups is 1. The highest BCUT2D eigenvalue weighted by atomic mass is 15.4. The first-order valence-electron chi connectivity index (χ1n) is 8.89. The number of nitrogens with zero attached hydrogens (tertiary/aromatic N) is 2. The minimum Gasteiger partial charge on any atom is -0.396 e. The third-order valence-corrected chi connectivity index (χ3v) is 4.81. The molecule has 0 spiro atoms. The molecule has 3 rings (SSSR count). The molecule has 0 aromatic heterocycles. The SMILES string of the molecule is CC(C)N(N)/C1=C(\N)c2ccccc2N(C(C)C)Cc2ccccc21. The van der Waals surface area contributed by atoms with Crippen LogP contribution in [0.25, 0.3) is 11.4 Å². The first-order valence-corrected chi connectivity index (χ1v) is 8.89. The zero-order valence-corrected chi connectivity index (χ0v) is 15.5. The highest BCUT2D eigenvalue weighted by Crippen LogP contribution is 2.37. The Morgan fingerprint density at radius 2 is 1.52 bits per heavy atom. The van der Waals surface area contributed by atoms with Crippen LogP contribution in [0.4, 0.5) is 5.69 Å². The van der Waals surface area contributed by atoms with Crippen LogP contribution in [0, 0.1) is 0 Å². The molecule has 1 aliphatic heterocycles. The standard InChI is InChI=1S/C21H28N4/c1-14(2)24-13-16-9-5-6-10-17(16)21(25(23)15(3)4)20(22)18-11-7-8-12-19(18)24/h5-12,14-15H,13,22-23H2,1-4H3/b21-20-. The minimum atomic E-state index is 0.148. The minimum absolute atomic E-state index is 0.148. The van der Waals surface area contributed by atoms with E-state index in [-0.39, 0.29) is 6.04 Å². The van der Waals surface area contributed by atoms with Crippen LogP contribution in [0.2, 0.25) is 0 Å². The number of rotatable bonds is 3. The lowest BCUT2D eigenvalue weighted by Crippen LogP contribution is -2.39. The number of hydrogen-bond donors (Lipinski definition) is 2. The van der Waals surface area contributed by atoms with E-state index >= 15 is 0 Å². The molecule has 0 amide bonds. The zero-order chi connectivity index (χ0) is 18.1. The van der Waals surface area contributed by atoms with Crippen LogP contribution in [-0.2, 0) is 6.54 Å². The van der Waals surface area contributed by atoms with Gasteiger partial charge in [0.2, 0.25) is 0 Å². The Hall–Kier alpha value is -2.46. The lowest BCUT2D eigenvalue weighted by atomic mass is 9.95. The molecule has 0 saturated heterocycles. The molecule has 1 heterocycles. The average molecular weight is 336 g/mol. The summed E-state index contributed by atoms with van der Waals surface area (Å²) in [6.07, 6.45) is 0. The maximum atomic E-state index is 6.71. The summed E-state index contributed by atoms with van der Waals surface area (Å²) in [4.78, 5) is 2.40.